The van der Waals surface area contributed by atoms with Crippen molar-refractivity contribution in [3.05, 3.63) is 36.4 Å². The number of ether oxygens (including phenoxy) is 2. The molecule has 6 heteroatoms. The van der Waals surface area contributed by atoms with E-state index in [0.29, 0.717) is 18.2 Å². The van der Waals surface area contributed by atoms with Crippen LogP contribution >= 0.6 is 0 Å². The molecular weight excluding hydrogens is 380 g/mol. The molecule has 1 aromatic carbocycles. The van der Waals surface area contributed by atoms with E-state index in [0.717, 1.165) is 24.9 Å². The largest absolute Gasteiger partial charge is 0.497 e. The molecule has 0 unspecified atom stereocenters. The van der Waals surface area contributed by atoms with E-state index in [-0.39, 0.29) is 24.0 Å². The third-order valence-corrected chi connectivity index (χ3v) is 6.58. The van der Waals surface area contributed by atoms with E-state index in [1.807, 2.05) is 43.3 Å². The van der Waals surface area contributed by atoms with Gasteiger partial charge in [-0.2, -0.15) is 0 Å². The maximum atomic E-state index is 13.4. The third-order valence-electron chi connectivity index (χ3n) is 6.58. The highest BCUT2D eigenvalue weighted by Gasteiger charge is 2.67. The Morgan fingerprint density at radius 1 is 1.33 bits per heavy atom. The zero-order valence-corrected chi connectivity index (χ0v) is 18.3. The summed E-state index contributed by atoms with van der Waals surface area (Å²) in [6, 6.07) is 7.53. The van der Waals surface area contributed by atoms with Crippen LogP contribution in [-0.2, 0) is 14.3 Å². The summed E-state index contributed by atoms with van der Waals surface area (Å²) in [6.45, 7) is 6.88. The molecule has 5 atom stereocenters. The first-order valence-electron chi connectivity index (χ1n) is 11.0. The fourth-order valence-corrected chi connectivity index (χ4v) is 5.04. The Morgan fingerprint density at radius 2 is 2.13 bits per heavy atom. The van der Waals surface area contributed by atoms with Crippen molar-refractivity contribution < 1.29 is 19.1 Å². The van der Waals surface area contributed by atoms with Gasteiger partial charge in [-0.05, 0) is 31.4 Å². The Hall–Kier alpha value is -2.34. The van der Waals surface area contributed by atoms with E-state index in [1.165, 1.54) is 0 Å². The zero-order chi connectivity index (χ0) is 21.5. The minimum Gasteiger partial charge on any atom is -0.497 e. The van der Waals surface area contributed by atoms with Crippen LogP contribution in [0.1, 0.15) is 40.0 Å². The van der Waals surface area contributed by atoms with Gasteiger partial charge in [0.2, 0.25) is 11.8 Å². The van der Waals surface area contributed by atoms with E-state index in [1.54, 1.807) is 12.0 Å². The number of carbonyl (C=O) groups is 2. The number of anilines is 1. The highest BCUT2D eigenvalue weighted by Crippen LogP contribution is 2.52. The number of methoxy groups -OCH3 is 1. The third kappa shape index (κ3) is 3.62. The summed E-state index contributed by atoms with van der Waals surface area (Å²) >= 11 is 0. The van der Waals surface area contributed by atoms with E-state index in [4.69, 9.17) is 9.47 Å². The monoisotopic (exact) mass is 412 g/mol. The lowest BCUT2D eigenvalue weighted by Crippen LogP contribution is -2.46. The molecule has 3 aliphatic rings. The molecule has 162 valence electrons. The van der Waals surface area contributed by atoms with E-state index < -0.39 is 17.4 Å². The van der Waals surface area contributed by atoms with Gasteiger partial charge in [0, 0.05) is 17.8 Å². The lowest BCUT2D eigenvalue weighted by Gasteiger charge is -2.25. The van der Waals surface area contributed by atoms with Crippen LogP contribution in [0, 0.1) is 17.8 Å². The molecule has 30 heavy (non-hydrogen) atoms. The van der Waals surface area contributed by atoms with Gasteiger partial charge in [-0.3, -0.25) is 9.59 Å². The minimum atomic E-state index is -0.715. The summed E-state index contributed by atoms with van der Waals surface area (Å²) in [5.74, 6) is 0.264. The predicted octanol–water partition coefficient (Wildman–Crippen LogP) is 3.31. The molecule has 2 fully saturated rings. The SMILES string of the molecule is COc1cccc(N2C[C@@]34C=C[C@@H](O3)[C@H](C(=O)N[C@@H](C)CCCC(C)C)[C@@H]4C2=O)c1. The zero-order valence-electron chi connectivity index (χ0n) is 18.3. The van der Waals surface area contributed by atoms with Crippen LogP contribution in [0.4, 0.5) is 5.69 Å². The molecule has 1 spiro atoms. The summed E-state index contributed by atoms with van der Waals surface area (Å²) in [5.41, 5.74) is 0.0538. The second kappa shape index (κ2) is 8.06. The number of nitrogens with zero attached hydrogens (tertiary/aromatic N) is 1. The Labute approximate surface area is 178 Å². The average molecular weight is 413 g/mol. The smallest absolute Gasteiger partial charge is 0.234 e. The molecule has 0 aromatic heterocycles. The first kappa shape index (κ1) is 20.9. The number of hydrogen-bond donors (Lipinski definition) is 1. The predicted molar refractivity (Wildman–Crippen MR) is 115 cm³/mol. The molecule has 1 N–H and O–H groups in total. The molecule has 1 aromatic rings. The molecule has 0 aliphatic carbocycles. The second-order valence-electron chi connectivity index (χ2n) is 9.26. The van der Waals surface area contributed by atoms with Crippen LogP contribution in [-0.4, -0.2) is 43.2 Å². The van der Waals surface area contributed by atoms with Gasteiger partial charge in [0.1, 0.15) is 11.4 Å². The molecule has 2 amide bonds. The summed E-state index contributed by atoms with van der Waals surface area (Å²) in [7, 11) is 1.61. The van der Waals surface area contributed by atoms with Gasteiger partial charge in [-0.15, -0.1) is 0 Å². The second-order valence-corrected chi connectivity index (χ2v) is 9.26. The highest BCUT2D eigenvalue weighted by molar-refractivity contribution is 6.03. The standard InChI is InChI=1S/C24H32N2O4/c1-15(2)7-5-8-16(3)25-22(27)20-19-11-12-24(30-19)14-26(23(28)21(20)24)17-9-6-10-18(13-17)29-4/h6,9-13,15-16,19-21H,5,7-8,14H2,1-4H3,(H,25,27)/t16-,19+,20-,21+,24+/m0/s1. The summed E-state index contributed by atoms with van der Waals surface area (Å²) < 4.78 is 11.5. The molecular formula is C24H32N2O4. The maximum Gasteiger partial charge on any atom is 0.234 e. The number of fused-ring (bicyclic) bond motifs is 1. The van der Waals surface area contributed by atoms with Crippen LogP contribution in [0.5, 0.6) is 5.75 Å². The van der Waals surface area contributed by atoms with Gasteiger partial charge < -0.3 is 19.7 Å². The number of carbonyl (C=O) groups excluding carboxylic acids is 2. The normalized spacial score (nSPS) is 30.1. The summed E-state index contributed by atoms with van der Waals surface area (Å²) in [4.78, 5) is 28.3. The number of benzene rings is 1. The lowest BCUT2D eigenvalue weighted by atomic mass is 9.76. The van der Waals surface area contributed by atoms with Crippen LogP contribution in [0.2, 0.25) is 0 Å². The van der Waals surface area contributed by atoms with Gasteiger partial charge in [0.15, 0.2) is 0 Å². The van der Waals surface area contributed by atoms with Crippen molar-refractivity contribution in [1.29, 1.82) is 0 Å². The Balaban J connectivity index is 1.48. The number of rotatable bonds is 8. The van der Waals surface area contributed by atoms with Gasteiger partial charge >= 0.3 is 0 Å². The number of nitrogens with one attached hydrogen (secondary N) is 1. The van der Waals surface area contributed by atoms with Crippen molar-refractivity contribution in [2.24, 2.45) is 17.8 Å². The van der Waals surface area contributed by atoms with E-state index >= 15 is 0 Å². The number of amides is 2. The first-order chi connectivity index (χ1) is 14.3. The van der Waals surface area contributed by atoms with Gasteiger partial charge in [0.05, 0.1) is 31.6 Å². The molecule has 6 nitrogen and oxygen atoms in total. The van der Waals surface area contributed by atoms with Crippen LogP contribution in [0.3, 0.4) is 0 Å². The summed E-state index contributed by atoms with van der Waals surface area (Å²) in [6.07, 6.45) is 6.78. The molecule has 3 heterocycles. The highest BCUT2D eigenvalue weighted by atomic mass is 16.5. The molecule has 2 saturated heterocycles. The van der Waals surface area contributed by atoms with Crippen LogP contribution in [0.25, 0.3) is 0 Å². The quantitative estimate of drug-likeness (QED) is 0.665. The number of hydrogen-bond acceptors (Lipinski definition) is 4. The molecule has 2 bridgehead atoms. The van der Waals surface area contributed by atoms with Crippen molar-refractivity contribution >= 4 is 17.5 Å². The van der Waals surface area contributed by atoms with E-state index in [2.05, 4.69) is 19.2 Å². The van der Waals surface area contributed by atoms with Gasteiger partial charge in [0.25, 0.3) is 0 Å². The van der Waals surface area contributed by atoms with Crippen LogP contribution in [0.15, 0.2) is 36.4 Å². The summed E-state index contributed by atoms with van der Waals surface area (Å²) in [5, 5.41) is 3.14. The maximum absolute atomic E-state index is 13.4. The Kier molecular flexibility index (Phi) is 5.62. The van der Waals surface area contributed by atoms with Crippen molar-refractivity contribution in [2.45, 2.75) is 57.8 Å². The van der Waals surface area contributed by atoms with Crippen LogP contribution < -0.4 is 15.0 Å². The molecule has 3 aliphatic heterocycles. The Bertz CT molecular complexity index is 851. The molecule has 0 saturated carbocycles. The topological polar surface area (TPSA) is 67.9 Å². The van der Waals surface area contributed by atoms with Crippen molar-refractivity contribution in [2.75, 3.05) is 18.6 Å². The fraction of sp³-hybridized carbons (Fsp3) is 0.583. The molecule has 4 rings (SSSR count). The minimum absolute atomic E-state index is 0.0530. The fourth-order valence-electron chi connectivity index (χ4n) is 5.04. The first-order valence-corrected chi connectivity index (χ1v) is 11.0. The average Bonchev–Trinajstić information content (AvgIpc) is 3.36. The van der Waals surface area contributed by atoms with Crippen molar-refractivity contribution in [3.63, 3.8) is 0 Å². The van der Waals surface area contributed by atoms with Crippen molar-refractivity contribution in [1.82, 2.24) is 5.32 Å². The van der Waals surface area contributed by atoms with Gasteiger partial charge in [-0.1, -0.05) is 44.9 Å². The molecule has 0 radical (unpaired) electrons. The lowest BCUT2D eigenvalue weighted by molar-refractivity contribution is -0.132. The van der Waals surface area contributed by atoms with Crippen molar-refractivity contribution in [3.8, 4) is 5.75 Å². The van der Waals surface area contributed by atoms with Gasteiger partial charge in [-0.25, -0.2) is 0 Å². The Morgan fingerprint density at radius 3 is 2.87 bits per heavy atom. The van der Waals surface area contributed by atoms with E-state index in [9.17, 15) is 9.59 Å².